The van der Waals surface area contributed by atoms with E-state index in [1.165, 1.54) is 38.2 Å². The van der Waals surface area contributed by atoms with Gasteiger partial charge in [-0.1, -0.05) is 83.8 Å². The first kappa shape index (κ1) is 23.6. The molecule has 0 aromatic carbocycles. The normalized spacial score (nSPS) is 11.0. The zero-order valence-corrected chi connectivity index (χ0v) is 15.1. The topological polar surface area (TPSA) is 60.2 Å². The molecule has 0 unspecified atom stereocenters. The number of allylic oxidation sites excluding steroid dienone is 5. The van der Waals surface area contributed by atoms with Gasteiger partial charge in [0.2, 0.25) is 6.54 Å². The lowest BCUT2D eigenvalue weighted by Gasteiger charge is -1.98. The summed E-state index contributed by atoms with van der Waals surface area (Å²) in [7, 11) is 0. The highest BCUT2D eigenvalue weighted by Crippen LogP contribution is 2.08. The fourth-order valence-corrected chi connectivity index (χ4v) is 1.92. The van der Waals surface area contributed by atoms with Crippen LogP contribution in [0.2, 0.25) is 0 Å². The first-order chi connectivity index (χ1) is 11.1. The Balaban J connectivity index is 0. The van der Waals surface area contributed by atoms with Crippen molar-refractivity contribution in [2.24, 2.45) is 0 Å². The van der Waals surface area contributed by atoms with E-state index in [2.05, 4.69) is 13.5 Å². The number of hydrogen-bond acceptors (Lipinski definition) is 3. The van der Waals surface area contributed by atoms with Crippen LogP contribution in [0.5, 0.6) is 0 Å². The Bertz CT molecular complexity index is 384. The molecule has 0 N–H and O–H groups in total. The Morgan fingerprint density at radius 1 is 1.13 bits per heavy atom. The SMILES string of the molecule is C=C/C(=C\C=C\CCCCCCCC)C(=O)CC[N+](=O)[O-].CC. The summed E-state index contributed by atoms with van der Waals surface area (Å²) in [6.07, 6.45) is 15.5. The quantitative estimate of drug-likeness (QED) is 0.144. The molecule has 0 fully saturated rings. The second-order valence-electron chi connectivity index (χ2n) is 5.04. The van der Waals surface area contributed by atoms with Gasteiger partial charge >= 0.3 is 0 Å². The largest absolute Gasteiger partial charge is 0.294 e. The summed E-state index contributed by atoms with van der Waals surface area (Å²) in [6.45, 7) is 9.45. The summed E-state index contributed by atoms with van der Waals surface area (Å²) in [5.74, 6) is -0.231. The van der Waals surface area contributed by atoms with Gasteiger partial charge < -0.3 is 0 Å². The summed E-state index contributed by atoms with van der Waals surface area (Å²) >= 11 is 0. The second-order valence-corrected chi connectivity index (χ2v) is 5.04. The van der Waals surface area contributed by atoms with E-state index < -0.39 is 4.92 Å². The zero-order chi connectivity index (χ0) is 17.9. The van der Waals surface area contributed by atoms with Crippen molar-refractivity contribution in [3.63, 3.8) is 0 Å². The van der Waals surface area contributed by atoms with Crippen LogP contribution in [0.15, 0.2) is 36.5 Å². The third kappa shape index (κ3) is 16.5. The molecule has 0 amide bonds. The van der Waals surface area contributed by atoms with Gasteiger partial charge in [-0.15, -0.1) is 0 Å². The van der Waals surface area contributed by atoms with E-state index in [0.717, 1.165) is 12.8 Å². The maximum Gasteiger partial charge on any atom is 0.211 e. The van der Waals surface area contributed by atoms with Crippen molar-refractivity contribution in [1.82, 2.24) is 0 Å². The molecular formula is C19H33NO3. The number of Topliss-reactive ketones (excluding diaryl/α,β-unsaturated/α-hetero) is 1. The summed E-state index contributed by atoms with van der Waals surface area (Å²) < 4.78 is 0. The van der Waals surface area contributed by atoms with Crippen molar-refractivity contribution >= 4 is 5.78 Å². The number of nitrogens with zero attached hydrogens (tertiary/aromatic N) is 1. The maximum absolute atomic E-state index is 11.7. The van der Waals surface area contributed by atoms with E-state index in [1.807, 2.05) is 26.0 Å². The van der Waals surface area contributed by atoms with E-state index in [4.69, 9.17) is 0 Å². The average molecular weight is 323 g/mol. The van der Waals surface area contributed by atoms with Gasteiger partial charge in [-0.25, -0.2) is 0 Å². The molecule has 0 radical (unpaired) electrons. The van der Waals surface area contributed by atoms with Crippen molar-refractivity contribution in [2.45, 2.75) is 72.1 Å². The van der Waals surface area contributed by atoms with Gasteiger partial charge in [0.1, 0.15) is 0 Å². The third-order valence-corrected chi connectivity index (χ3v) is 3.20. The molecule has 0 bridgehead atoms. The van der Waals surface area contributed by atoms with Crippen LogP contribution >= 0.6 is 0 Å². The van der Waals surface area contributed by atoms with Crippen LogP contribution in [0, 0.1) is 10.1 Å². The molecule has 0 aliphatic rings. The van der Waals surface area contributed by atoms with Crippen molar-refractivity contribution in [3.8, 4) is 0 Å². The molecule has 23 heavy (non-hydrogen) atoms. The average Bonchev–Trinajstić information content (AvgIpc) is 2.56. The molecule has 0 spiro atoms. The Morgan fingerprint density at radius 2 is 1.74 bits per heavy atom. The van der Waals surface area contributed by atoms with Crippen LogP contribution in [-0.4, -0.2) is 17.3 Å². The lowest BCUT2D eigenvalue weighted by molar-refractivity contribution is -0.478. The Hall–Kier alpha value is -1.71. The van der Waals surface area contributed by atoms with Crippen LogP contribution in [0.25, 0.3) is 0 Å². The highest BCUT2D eigenvalue weighted by molar-refractivity contribution is 5.98. The number of nitro groups is 1. The number of ketones is 1. The summed E-state index contributed by atoms with van der Waals surface area (Å²) in [5, 5.41) is 10.2. The standard InChI is InChI=1S/C17H27NO3.C2H6/c1-3-5-6-7-8-9-10-11-12-13-16(4-2)17(19)14-15-18(20)21;1-2/h4,11-13H,2-3,5-10,14-15H2,1H3;1-2H3/b12-11+,16-13+;. The molecule has 0 aromatic heterocycles. The van der Waals surface area contributed by atoms with Gasteiger partial charge in [-0.3, -0.25) is 14.9 Å². The molecule has 0 aromatic rings. The van der Waals surface area contributed by atoms with Crippen molar-refractivity contribution in [3.05, 3.63) is 46.6 Å². The molecular weight excluding hydrogens is 290 g/mol. The zero-order valence-electron chi connectivity index (χ0n) is 15.1. The first-order valence-electron chi connectivity index (χ1n) is 8.76. The Labute approximate surface area is 141 Å². The highest BCUT2D eigenvalue weighted by atomic mass is 16.6. The minimum Gasteiger partial charge on any atom is -0.294 e. The van der Waals surface area contributed by atoms with Gasteiger partial charge in [-0.05, 0) is 12.8 Å². The lowest BCUT2D eigenvalue weighted by atomic mass is 10.1. The predicted molar refractivity (Wildman–Crippen MR) is 98.2 cm³/mol. The highest BCUT2D eigenvalue weighted by Gasteiger charge is 2.08. The number of rotatable bonds is 13. The van der Waals surface area contributed by atoms with E-state index in [9.17, 15) is 14.9 Å². The molecule has 4 heteroatoms. The van der Waals surface area contributed by atoms with Gasteiger partial charge in [0.05, 0.1) is 6.42 Å². The number of hydrogen-bond donors (Lipinski definition) is 0. The number of carbonyl (C=O) groups excluding carboxylic acids is 1. The Morgan fingerprint density at radius 3 is 2.30 bits per heavy atom. The summed E-state index contributed by atoms with van der Waals surface area (Å²) in [5.41, 5.74) is 0.441. The molecule has 0 atom stereocenters. The molecule has 132 valence electrons. The van der Waals surface area contributed by atoms with Crippen molar-refractivity contribution in [1.29, 1.82) is 0 Å². The molecule has 0 aliphatic heterocycles. The smallest absolute Gasteiger partial charge is 0.211 e. The molecule has 0 aliphatic carbocycles. The molecule has 0 saturated heterocycles. The second kappa shape index (κ2) is 18.3. The Kier molecular flexibility index (Phi) is 18.8. The minimum atomic E-state index is -0.479. The first-order valence-corrected chi connectivity index (χ1v) is 8.76. The van der Waals surface area contributed by atoms with E-state index in [0.29, 0.717) is 5.57 Å². The number of unbranched alkanes of at least 4 members (excludes halogenated alkanes) is 6. The van der Waals surface area contributed by atoms with Crippen LogP contribution in [-0.2, 0) is 4.79 Å². The molecule has 0 saturated carbocycles. The summed E-state index contributed by atoms with van der Waals surface area (Å²) in [6, 6.07) is 0. The maximum atomic E-state index is 11.7. The van der Waals surface area contributed by atoms with E-state index in [1.54, 1.807) is 6.08 Å². The van der Waals surface area contributed by atoms with Crippen molar-refractivity contribution < 1.29 is 9.72 Å². The lowest BCUT2D eigenvalue weighted by Crippen LogP contribution is -2.09. The van der Waals surface area contributed by atoms with Crippen molar-refractivity contribution in [2.75, 3.05) is 6.54 Å². The predicted octanol–water partition coefficient (Wildman–Crippen LogP) is 5.67. The van der Waals surface area contributed by atoms with Crippen LogP contribution in [0.1, 0.15) is 72.1 Å². The third-order valence-electron chi connectivity index (χ3n) is 3.20. The van der Waals surface area contributed by atoms with E-state index in [-0.39, 0.29) is 18.7 Å². The fourth-order valence-electron chi connectivity index (χ4n) is 1.92. The molecule has 4 nitrogen and oxygen atoms in total. The molecule has 0 rings (SSSR count). The van der Waals surface area contributed by atoms with Crippen LogP contribution < -0.4 is 0 Å². The van der Waals surface area contributed by atoms with Gasteiger partial charge in [0.25, 0.3) is 0 Å². The summed E-state index contributed by atoms with van der Waals surface area (Å²) in [4.78, 5) is 21.4. The van der Waals surface area contributed by atoms with Gasteiger partial charge in [-0.2, -0.15) is 0 Å². The minimum absolute atomic E-state index is 0.0733. The van der Waals surface area contributed by atoms with Gasteiger partial charge in [0, 0.05) is 10.5 Å². The van der Waals surface area contributed by atoms with Crippen LogP contribution in [0.4, 0.5) is 0 Å². The monoisotopic (exact) mass is 323 g/mol. The molecule has 0 heterocycles. The number of carbonyl (C=O) groups is 1. The fraction of sp³-hybridized carbons (Fsp3) is 0.632. The van der Waals surface area contributed by atoms with Crippen LogP contribution in [0.3, 0.4) is 0 Å². The van der Waals surface area contributed by atoms with Gasteiger partial charge in [0.15, 0.2) is 5.78 Å². The van der Waals surface area contributed by atoms with E-state index >= 15 is 0 Å².